The Morgan fingerprint density at radius 3 is 2.37 bits per heavy atom. The molecule has 1 aromatic carbocycles. The van der Waals surface area contributed by atoms with Crippen molar-refractivity contribution in [2.45, 2.75) is 32.1 Å². The van der Waals surface area contributed by atoms with Gasteiger partial charge in [0.15, 0.2) is 0 Å². The Morgan fingerprint density at radius 1 is 1.16 bits per heavy atom. The molecule has 0 atom stereocenters. The molecule has 5 nitrogen and oxygen atoms in total. The van der Waals surface area contributed by atoms with E-state index in [-0.39, 0.29) is 11.3 Å². The number of rotatable bonds is 2. The summed E-state index contributed by atoms with van der Waals surface area (Å²) in [5, 5.41) is 19.9. The van der Waals surface area contributed by atoms with E-state index in [1.807, 2.05) is 12.1 Å². The molecule has 5 heteroatoms. The Hall–Kier alpha value is -2.09. The van der Waals surface area contributed by atoms with Crippen LogP contribution in [0.25, 0.3) is 0 Å². The van der Waals surface area contributed by atoms with Crippen molar-refractivity contribution in [1.82, 2.24) is 0 Å². The number of nitriles is 1. The van der Waals surface area contributed by atoms with Gasteiger partial charge in [0.2, 0.25) is 0 Å². The van der Waals surface area contributed by atoms with Gasteiger partial charge in [-0.25, -0.2) is 0 Å². The first-order valence-electron chi connectivity index (χ1n) is 6.66. The van der Waals surface area contributed by atoms with Gasteiger partial charge in [0, 0.05) is 24.8 Å². The van der Waals surface area contributed by atoms with Crippen LogP contribution >= 0.6 is 0 Å². The van der Waals surface area contributed by atoms with Crippen LogP contribution in [0.15, 0.2) is 18.2 Å². The normalized spacial score (nSPS) is 16.3. The van der Waals surface area contributed by atoms with Gasteiger partial charge in [-0.1, -0.05) is 19.3 Å². The molecule has 1 fully saturated rings. The van der Waals surface area contributed by atoms with E-state index in [1.54, 1.807) is 6.07 Å². The lowest BCUT2D eigenvalue weighted by atomic mass is 10.1. The summed E-state index contributed by atoms with van der Waals surface area (Å²) in [4.78, 5) is 12.7. The zero-order chi connectivity index (χ0) is 13.7. The second-order valence-electron chi connectivity index (χ2n) is 4.83. The van der Waals surface area contributed by atoms with E-state index in [2.05, 4.69) is 4.90 Å². The zero-order valence-corrected chi connectivity index (χ0v) is 10.8. The predicted molar refractivity (Wildman–Crippen MR) is 73.1 cm³/mol. The van der Waals surface area contributed by atoms with Gasteiger partial charge in [-0.3, -0.25) is 10.1 Å². The van der Waals surface area contributed by atoms with Gasteiger partial charge in [0.05, 0.1) is 4.92 Å². The molecular weight excluding hydrogens is 242 g/mol. The average Bonchev–Trinajstić information content (AvgIpc) is 2.37. The van der Waals surface area contributed by atoms with Crippen molar-refractivity contribution in [1.29, 1.82) is 5.26 Å². The Morgan fingerprint density at radius 2 is 1.79 bits per heavy atom. The molecule has 1 aliphatic rings. The number of benzene rings is 1. The zero-order valence-electron chi connectivity index (χ0n) is 10.8. The van der Waals surface area contributed by atoms with Crippen molar-refractivity contribution >= 4 is 11.4 Å². The first-order valence-corrected chi connectivity index (χ1v) is 6.66. The minimum atomic E-state index is -0.480. The van der Waals surface area contributed by atoms with E-state index in [0.717, 1.165) is 31.6 Å². The molecule has 1 heterocycles. The fraction of sp³-hybridized carbons (Fsp3) is 0.500. The largest absolute Gasteiger partial charge is 0.371 e. The number of nitrogens with zero attached hydrogens (tertiary/aromatic N) is 3. The maximum absolute atomic E-state index is 11.0. The molecular formula is C14H17N3O2. The number of hydrogen-bond acceptors (Lipinski definition) is 4. The van der Waals surface area contributed by atoms with Gasteiger partial charge < -0.3 is 4.90 Å². The quantitative estimate of drug-likeness (QED) is 0.604. The third-order valence-electron chi connectivity index (χ3n) is 3.52. The van der Waals surface area contributed by atoms with Crippen LogP contribution in [0.4, 0.5) is 11.4 Å². The third-order valence-corrected chi connectivity index (χ3v) is 3.52. The van der Waals surface area contributed by atoms with Crippen LogP contribution in [0.1, 0.15) is 37.7 Å². The number of hydrogen-bond donors (Lipinski definition) is 0. The summed E-state index contributed by atoms with van der Waals surface area (Å²) >= 11 is 0. The van der Waals surface area contributed by atoms with Crippen molar-refractivity contribution in [2.24, 2.45) is 0 Å². The van der Waals surface area contributed by atoms with Crippen molar-refractivity contribution in [3.8, 4) is 6.07 Å². The standard InChI is InChI=1S/C14H17N3O2/c15-11-12-6-7-13(10-14(12)17(18)19)16-8-4-2-1-3-5-9-16/h6-7,10H,1-5,8-9H2. The van der Waals surface area contributed by atoms with Crippen LogP contribution in [0.5, 0.6) is 0 Å². The summed E-state index contributed by atoms with van der Waals surface area (Å²) in [6.07, 6.45) is 5.95. The van der Waals surface area contributed by atoms with Crippen molar-refractivity contribution < 1.29 is 4.92 Å². The van der Waals surface area contributed by atoms with Gasteiger partial charge in [-0.05, 0) is 25.0 Å². The van der Waals surface area contributed by atoms with Crippen molar-refractivity contribution in [2.75, 3.05) is 18.0 Å². The molecule has 100 valence electrons. The Bertz CT molecular complexity index is 500. The molecule has 0 saturated carbocycles. The average molecular weight is 259 g/mol. The highest BCUT2D eigenvalue weighted by Crippen LogP contribution is 2.26. The van der Waals surface area contributed by atoms with Gasteiger partial charge >= 0.3 is 0 Å². The van der Waals surface area contributed by atoms with Crippen LogP contribution < -0.4 is 4.90 Å². The molecule has 0 spiro atoms. The molecule has 0 N–H and O–H groups in total. The molecule has 0 radical (unpaired) electrons. The number of nitro groups is 1. The maximum Gasteiger partial charge on any atom is 0.289 e. The van der Waals surface area contributed by atoms with Crippen LogP contribution in [0, 0.1) is 21.4 Å². The maximum atomic E-state index is 11.0. The number of nitro benzene ring substituents is 1. The van der Waals surface area contributed by atoms with E-state index in [1.165, 1.54) is 25.3 Å². The van der Waals surface area contributed by atoms with Gasteiger partial charge in [0.25, 0.3) is 5.69 Å². The van der Waals surface area contributed by atoms with Crippen molar-refractivity contribution in [3.63, 3.8) is 0 Å². The first-order chi connectivity index (χ1) is 9.22. The number of anilines is 1. The highest BCUT2D eigenvalue weighted by molar-refractivity contribution is 5.60. The fourth-order valence-electron chi connectivity index (χ4n) is 2.47. The molecule has 2 rings (SSSR count). The van der Waals surface area contributed by atoms with Crippen LogP contribution in [-0.4, -0.2) is 18.0 Å². The lowest BCUT2D eigenvalue weighted by molar-refractivity contribution is -0.385. The first kappa shape index (κ1) is 13.3. The van der Waals surface area contributed by atoms with Gasteiger partial charge in [-0.2, -0.15) is 5.26 Å². The SMILES string of the molecule is N#Cc1ccc(N2CCCCCCC2)cc1[N+](=O)[O-]. The van der Waals surface area contributed by atoms with Crippen LogP contribution in [0.3, 0.4) is 0 Å². The van der Waals surface area contributed by atoms with Crippen LogP contribution in [-0.2, 0) is 0 Å². The summed E-state index contributed by atoms with van der Waals surface area (Å²) in [5.41, 5.74) is 0.885. The Labute approximate surface area is 112 Å². The topological polar surface area (TPSA) is 70.2 Å². The summed E-state index contributed by atoms with van der Waals surface area (Å²) in [7, 11) is 0. The second kappa shape index (κ2) is 6.19. The van der Waals surface area contributed by atoms with Gasteiger partial charge in [-0.15, -0.1) is 0 Å². The van der Waals surface area contributed by atoms with E-state index >= 15 is 0 Å². The molecule has 19 heavy (non-hydrogen) atoms. The van der Waals surface area contributed by atoms with Crippen LogP contribution in [0.2, 0.25) is 0 Å². The van der Waals surface area contributed by atoms with E-state index in [9.17, 15) is 10.1 Å². The Kier molecular flexibility index (Phi) is 4.35. The van der Waals surface area contributed by atoms with Crippen molar-refractivity contribution in [3.05, 3.63) is 33.9 Å². The Balaban J connectivity index is 2.26. The monoisotopic (exact) mass is 259 g/mol. The van der Waals surface area contributed by atoms with Gasteiger partial charge in [0.1, 0.15) is 11.6 Å². The molecule has 0 aliphatic carbocycles. The molecule has 1 saturated heterocycles. The van der Waals surface area contributed by atoms with E-state index < -0.39 is 4.92 Å². The molecule has 0 unspecified atom stereocenters. The lowest BCUT2D eigenvalue weighted by Crippen LogP contribution is -2.27. The molecule has 0 aromatic heterocycles. The summed E-state index contributed by atoms with van der Waals surface area (Å²) < 4.78 is 0. The summed E-state index contributed by atoms with van der Waals surface area (Å²) in [6, 6.07) is 6.76. The highest BCUT2D eigenvalue weighted by Gasteiger charge is 2.17. The summed E-state index contributed by atoms with van der Waals surface area (Å²) in [6.45, 7) is 1.87. The molecule has 1 aliphatic heterocycles. The van der Waals surface area contributed by atoms with E-state index in [4.69, 9.17) is 5.26 Å². The smallest absolute Gasteiger partial charge is 0.289 e. The predicted octanol–water partition coefficient (Wildman–Crippen LogP) is 3.24. The minimum Gasteiger partial charge on any atom is -0.371 e. The molecule has 0 bridgehead atoms. The lowest BCUT2D eigenvalue weighted by Gasteiger charge is -2.26. The second-order valence-corrected chi connectivity index (χ2v) is 4.83. The molecule has 1 aromatic rings. The third kappa shape index (κ3) is 3.22. The minimum absolute atomic E-state index is 0.0953. The fourth-order valence-corrected chi connectivity index (χ4v) is 2.47. The molecule has 0 amide bonds. The highest BCUT2D eigenvalue weighted by atomic mass is 16.6. The summed E-state index contributed by atoms with van der Waals surface area (Å²) in [5.74, 6) is 0. The van der Waals surface area contributed by atoms with E-state index in [0.29, 0.717) is 0 Å².